The van der Waals surface area contributed by atoms with Crippen LogP contribution in [0.2, 0.25) is 5.15 Å². The molecule has 0 radical (unpaired) electrons. The number of pyridine rings is 1. The molecule has 2 aromatic heterocycles. The number of fused-ring (bicyclic) bond motifs is 1. The summed E-state index contributed by atoms with van der Waals surface area (Å²) in [6, 6.07) is 1.81. The van der Waals surface area contributed by atoms with Crippen LogP contribution >= 0.6 is 27.5 Å². The Bertz CT molecular complexity index is 452. The van der Waals surface area contributed by atoms with Gasteiger partial charge in [-0.15, -0.1) is 0 Å². The van der Waals surface area contributed by atoms with Crippen molar-refractivity contribution >= 4 is 38.4 Å². The molecule has 2 aromatic rings. The Hall–Kier alpha value is -0.610. The standard InChI is InChI=1S/C8H7BrClN3/c1-2-13-6-4-11-7(10)3-5(6)8(9)12-13/h3-4H,2H2,1H3. The molecular formula is C8H7BrClN3. The first-order valence-corrected chi connectivity index (χ1v) is 5.07. The SMILES string of the molecule is CCn1nc(Br)c2cc(Cl)ncc21. The smallest absolute Gasteiger partial charge is 0.136 e. The molecule has 0 amide bonds. The maximum absolute atomic E-state index is 5.77. The van der Waals surface area contributed by atoms with Gasteiger partial charge in [-0.3, -0.25) is 4.68 Å². The first kappa shape index (κ1) is 8.97. The van der Waals surface area contributed by atoms with E-state index >= 15 is 0 Å². The van der Waals surface area contributed by atoms with E-state index in [0.29, 0.717) is 5.15 Å². The second kappa shape index (κ2) is 3.27. The summed E-state index contributed by atoms with van der Waals surface area (Å²) in [5.74, 6) is 0. The lowest BCUT2D eigenvalue weighted by molar-refractivity contribution is 0.678. The fraction of sp³-hybridized carbons (Fsp3) is 0.250. The average Bonchev–Trinajstić information content (AvgIpc) is 2.43. The van der Waals surface area contributed by atoms with Gasteiger partial charge >= 0.3 is 0 Å². The Balaban J connectivity index is 2.80. The molecule has 13 heavy (non-hydrogen) atoms. The van der Waals surface area contributed by atoms with Gasteiger partial charge in [0.25, 0.3) is 0 Å². The maximum Gasteiger partial charge on any atom is 0.136 e. The van der Waals surface area contributed by atoms with E-state index in [0.717, 1.165) is 22.1 Å². The van der Waals surface area contributed by atoms with Crippen molar-refractivity contribution in [1.82, 2.24) is 14.8 Å². The van der Waals surface area contributed by atoms with Crippen molar-refractivity contribution in [2.75, 3.05) is 0 Å². The summed E-state index contributed by atoms with van der Waals surface area (Å²) in [5.41, 5.74) is 0.999. The van der Waals surface area contributed by atoms with Crippen LogP contribution in [0.3, 0.4) is 0 Å². The Labute approximate surface area is 88.8 Å². The van der Waals surface area contributed by atoms with Crippen LogP contribution in [0.15, 0.2) is 16.9 Å². The summed E-state index contributed by atoms with van der Waals surface area (Å²) in [6.45, 7) is 2.86. The molecule has 0 bridgehead atoms. The zero-order chi connectivity index (χ0) is 9.42. The second-order valence-electron chi connectivity index (χ2n) is 2.63. The zero-order valence-corrected chi connectivity index (χ0v) is 9.30. The van der Waals surface area contributed by atoms with Gasteiger partial charge in [0.15, 0.2) is 0 Å². The lowest BCUT2D eigenvalue weighted by atomic mass is 10.3. The van der Waals surface area contributed by atoms with Gasteiger partial charge in [0.1, 0.15) is 9.76 Å². The molecule has 2 heterocycles. The van der Waals surface area contributed by atoms with Crippen LogP contribution in [0, 0.1) is 0 Å². The molecule has 0 aliphatic rings. The highest BCUT2D eigenvalue weighted by atomic mass is 79.9. The number of hydrogen-bond acceptors (Lipinski definition) is 2. The van der Waals surface area contributed by atoms with E-state index < -0.39 is 0 Å². The normalized spacial score (nSPS) is 11.0. The van der Waals surface area contributed by atoms with Gasteiger partial charge < -0.3 is 0 Å². The van der Waals surface area contributed by atoms with Crippen molar-refractivity contribution in [3.8, 4) is 0 Å². The molecule has 0 atom stereocenters. The van der Waals surface area contributed by atoms with Crippen molar-refractivity contribution in [3.63, 3.8) is 0 Å². The first-order valence-electron chi connectivity index (χ1n) is 3.90. The van der Waals surface area contributed by atoms with Gasteiger partial charge in [-0.05, 0) is 28.9 Å². The molecule has 0 aliphatic carbocycles. The Kier molecular flexibility index (Phi) is 2.26. The van der Waals surface area contributed by atoms with Crippen LogP contribution in [0.5, 0.6) is 0 Å². The van der Waals surface area contributed by atoms with Crippen molar-refractivity contribution in [3.05, 3.63) is 22.0 Å². The van der Waals surface area contributed by atoms with Gasteiger partial charge in [0, 0.05) is 11.9 Å². The van der Waals surface area contributed by atoms with Gasteiger partial charge in [-0.2, -0.15) is 5.10 Å². The molecular weight excluding hydrogens is 253 g/mol. The van der Waals surface area contributed by atoms with Crippen molar-refractivity contribution in [2.24, 2.45) is 0 Å². The summed E-state index contributed by atoms with van der Waals surface area (Å²) in [7, 11) is 0. The van der Waals surface area contributed by atoms with Gasteiger partial charge in [-0.1, -0.05) is 11.6 Å². The van der Waals surface area contributed by atoms with Crippen molar-refractivity contribution in [2.45, 2.75) is 13.5 Å². The molecule has 0 saturated carbocycles. The van der Waals surface area contributed by atoms with E-state index in [2.05, 4.69) is 26.0 Å². The van der Waals surface area contributed by atoms with Crippen LogP contribution in [-0.4, -0.2) is 14.8 Å². The molecule has 0 spiro atoms. The highest BCUT2D eigenvalue weighted by Crippen LogP contribution is 2.24. The number of aryl methyl sites for hydroxylation is 1. The molecule has 0 aromatic carbocycles. The highest BCUT2D eigenvalue weighted by molar-refractivity contribution is 9.10. The third-order valence-corrected chi connectivity index (χ3v) is 2.65. The van der Waals surface area contributed by atoms with E-state index in [1.807, 2.05) is 11.6 Å². The fourth-order valence-corrected chi connectivity index (χ4v) is 1.92. The van der Waals surface area contributed by atoms with E-state index in [-0.39, 0.29) is 0 Å². The molecule has 3 nitrogen and oxygen atoms in total. The second-order valence-corrected chi connectivity index (χ2v) is 3.77. The lowest BCUT2D eigenvalue weighted by Crippen LogP contribution is -1.95. The first-order chi connectivity index (χ1) is 6.22. The van der Waals surface area contributed by atoms with Crippen LogP contribution < -0.4 is 0 Å². The maximum atomic E-state index is 5.77. The fourth-order valence-electron chi connectivity index (χ4n) is 1.25. The lowest BCUT2D eigenvalue weighted by Gasteiger charge is -1.96. The summed E-state index contributed by atoms with van der Waals surface area (Å²) < 4.78 is 2.69. The quantitative estimate of drug-likeness (QED) is 0.738. The highest BCUT2D eigenvalue weighted by Gasteiger charge is 2.07. The molecule has 0 aliphatic heterocycles. The third-order valence-electron chi connectivity index (χ3n) is 1.86. The van der Waals surface area contributed by atoms with E-state index in [4.69, 9.17) is 11.6 Å². The molecule has 68 valence electrons. The molecule has 0 N–H and O–H groups in total. The van der Waals surface area contributed by atoms with Gasteiger partial charge in [0.05, 0.1) is 11.7 Å². The predicted molar refractivity (Wildman–Crippen MR) is 55.9 cm³/mol. The van der Waals surface area contributed by atoms with Gasteiger partial charge in [0.2, 0.25) is 0 Å². The topological polar surface area (TPSA) is 30.7 Å². The Morgan fingerprint density at radius 1 is 1.62 bits per heavy atom. The largest absolute Gasteiger partial charge is 0.262 e. The molecule has 5 heteroatoms. The van der Waals surface area contributed by atoms with E-state index in [9.17, 15) is 0 Å². The monoisotopic (exact) mass is 259 g/mol. The summed E-state index contributed by atoms with van der Waals surface area (Å²) >= 11 is 9.15. The van der Waals surface area contributed by atoms with Crippen LogP contribution in [0.25, 0.3) is 10.9 Å². The predicted octanol–water partition coefficient (Wildman–Crippen LogP) is 2.87. The zero-order valence-electron chi connectivity index (χ0n) is 6.96. The third kappa shape index (κ3) is 1.44. The summed E-state index contributed by atoms with van der Waals surface area (Å²) in [5, 5.41) is 5.78. The minimum Gasteiger partial charge on any atom is -0.262 e. The minimum absolute atomic E-state index is 0.490. The van der Waals surface area contributed by atoms with Crippen LogP contribution in [0.1, 0.15) is 6.92 Å². The van der Waals surface area contributed by atoms with E-state index in [1.165, 1.54) is 0 Å². The van der Waals surface area contributed by atoms with Crippen LogP contribution in [0.4, 0.5) is 0 Å². The number of hydrogen-bond donors (Lipinski definition) is 0. The molecule has 0 fully saturated rings. The van der Waals surface area contributed by atoms with Gasteiger partial charge in [-0.25, -0.2) is 4.98 Å². The summed E-state index contributed by atoms with van der Waals surface area (Å²) in [6.07, 6.45) is 1.74. The van der Waals surface area contributed by atoms with Crippen molar-refractivity contribution < 1.29 is 0 Å². The number of halogens is 2. The molecule has 2 rings (SSSR count). The van der Waals surface area contributed by atoms with E-state index in [1.54, 1.807) is 12.3 Å². The Morgan fingerprint density at radius 2 is 2.38 bits per heavy atom. The number of aromatic nitrogens is 3. The van der Waals surface area contributed by atoms with Crippen LogP contribution in [-0.2, 0) is 6.54 Å². The van der Waals surface area contributed by atoms with Crippen molar-refractivity contribution in [1.29, 1.82) is 0 Å². The molecule has 0 saturated heterocycles. The summed E-state index contributed by atoms with van der Waals surface area (Å²) in [4.78, 5) is 4.01. The minimum atomic E-state index is 0.490. The Morgan fingerprint density at radius 3 is 3.08 bits per heavy atom. The average molecular weight is 261 g/mol. The number of nitrogens with zero attached hydrogens (tertiary/aromatic N) is 3. The number of rotatable bonds is 1. The molecule has 0 unspecified atom stereocenters.